The van der Waals surface area contributed by atoms with Gasteiger partial charge >= 0.3 is 0 Å². The molecule has 0 atom stereocenters. The molecular weight excluding hydrogens is 256 g/mol. The summed E-state index contributed by atoms with van der Waals surface area (Å²) >= 11 is 1.75. The molecule has 0 amide bonds. The van der Waals surface area contributed by atoms with E-state index in [2.05, 4.69) is 41.0 Å². The molecule has 2 aromatic heterocycles. The molecule has 0 radical (unpaired) electrons. The Morgan fingerprint density at radius 2 is 2.05 bits per heavy atom. The molecule has 0 unspecified atom stereocenters. The minimum absolute atomic E-state index is 0.349. The Bertz CT molecular complexity index is 548. The van der Waals surface area contributed by atoms with Gasteiger partial charge < -0.3 is 5.32 Å². The highest BCUT2D eigenvalue weighted by atomic mass is 32.1. The molecule has 5 heteroatoms. The smallest absolute Gasteiger partial charge is 0.133 e. The van der Waals surface area contributed by atoms with Gasteiger partial charge in [-0.1, -0.05) is 13.8 Å². The van der Waals surface area contributed by atoms with Crippen molar-refractivity contribution < 1.29 is 0 Å². The van der Waals surface area contributed by atoms with Gasteiger partial charge in [0, 0.05) is 41.7 Å². The van der Waals surface area contributed by atoms with E-state index in [1.807, 2.05) is 19.2 Å². The lowest BCUT2D eigenvalue weighted by Gasteiger charge is -2.09. The molecule has 0 fully saturated rings. The molecule has 1 N–H and O–H groups in total. The van der Waals surface area contributed by atoms with Gasteiger partial charge in [-0.2, -0.15) is 0 Å². The molecule has 0 saturated carbocycles. The van der Waals surface area contributed by atoms with Crippen molar-refractivity contribution in [2.45, 2.75) is 40.0 Å². The summed E-state index contributed by atoms with van der Waals surface area (Å²) in [4.78, 5) is 14.6. The van der Waals surface area contributed by atoms with Gasteiger partial charge in [-0.25, -0.2) is 15.0 Å². The summed E-state index contributed by atoms with van der Waals surface area (Å²) in [5.41, 5.74) is 1.01. The Labute approximate surface area is 118 Å². The van der Waals surface area contributed by atoms with E-state index in [1.165, 1.54) is 9.88 Å². The SMILES string of the molecule is Cc1cc(NCCc2ncc(C)s2)nc(C(C)C)n1. The largest absolute Gasteiger partial charge is 0.370 e. The molecule has 4 nitrogen and oxygen atoms in total. The number of thiazole rings is 1. The first-order valence-corrected chi connectivity index (χ1v) is 7.37. The first-order valence-electron chi connectivity index (χ1n) is 6.55. The lowest BCUT2D eigenvalue weighted by molar-refractivity contribution is 0.766. The lowest BCUT2D eigenvalue weighted by Crippen LogP contribution is -2.09. The Kier molecular flexibility index (Phi) is 4.47. The second-order valence-corrected chi connectivity index (χ2v) is 6.27. The van der Waals surface area contributed by atoms with Crippen molar-refractivity contribution in [3.63, 3.8) is 0 Å². The molecule has 0 aromatic carbocycles. The number of hydrogen-bond donors (Lipinski definition) is 1. The monoisotopic (exact) mass is 276 g/mol. The van der Waals surface area contributed by atoms with Crippen LogP contribution in [0.25, 0.3) is 0 Å². The molecule has 0 spiro atoms. The molecule has 2 rings (SSSR count). The van der Waals surface area contributed by atoms with Crippen molar-refractivity contribution in [3.8, 4) is 0 Å². The van der Waals surface area contributed by atoms with Gasteiger partial charge in [0.2, 0.25) is 0 Å². The molecular formula is C14H20N4S. The van der Waals surface area contributed by atoms with Crippen molar-refractivity contribution in [2.24, 2.45) is 0 Å². The summed E-state index contributed by atoms with van der Waals surface area (Å²) in [6.07, 6.45) is 2.85. The molecule has 0 aliphatic carbocycles. The number of aryl methyl sites for hydroxylation is 2. The predicted octanol–water partition coefficient (Wildman–Crippen LogP) is 3.33. The van der Waals surface area contributed by atoms with Crippen LogP contribution in [0.3, 0.4) is 0 Å². The molecule has 102 valence electrons. The molecule has 2 heterocycles. The fraction of sp³-hybridized carbons (Fsp3) is 0.500. The third-order valence-electron chi connectivity index (χ3n) is 2.70. The van der Waals surface area contributed by atoms with E-state index in [-0.39, 0.29) is 0 Å². The quantitative estimate of drug-likeness (QED) is 0.910. The summed E-state index contributed by atoms with van der Waals surface area (Å²) in [5.74, 6) is 2.15. The Morgan fingerprint density at radius 3 is 2.68 bits per heavy atom. The van der Waals surface area contributed by atoms with Crippen LogP contribution >= 0.6 is 11.3 Å². The number of nitrogens with one attached hydrogen (secondary N) is 1. The van der Waals surface area contributed by atoms with Crippen LogP contribution in [0.15, 0.2) is 12.3 Å². The van der Waals surface area contributed by atoms with E-state index in [1.54, 1.807) is 11.3 Å². The van der Waals surface area contributed by atoms with Crippen molar-refractivity contribution >= 4 is 17.2 Å². The number of aromatic nitrogens is 3. The Hall–Kier alpha value is -1.49. The molecule has 0 aliphatic rings. The van der Waals surface area contributed by atoms with Crippen LogP contribution < -0.4 is 5.32 Å². The lowest BCUT2D eigenvalue weighted by atomic mass is 10.2. The minimum Gasteiger partial charge on any atom is -0.370 e. The Balaban J connectivity index is 1.95. The number of rotatable bonds is 5. The van der Waals surface area contributed by atoms with Crippen LogP contribution in [0.2, 0.25) is 0 Å². The molecule has 0 aliphatic heterocycles. The second kappa shape index (κ2) is 6.10. The number of nitrogens with zero attached hydrogens (tertiary/aromatic N) is 3. The first-order chi connectivity index (χ1) is 9.04. The van der Waals surface area contributed by atoms with Gasteiger partial charge in [0.15, 0.2) is 0 Å². The van der Waals surface area contributed by atoms with Crippen LogP contribution in [0, 0.1) is 13.8 Å². The topological polar surface area (TPSA) is 50.7 Å². The summed E-state index contributed by atoms with van der Waals surface area (Å²) < 4.78 is 0. The fourth-order valence-electron chi connectivity index (χ4n) is 1.75. The van der Waals surface area contributed by atoms with Crippen molar-refractivity contribution in [1.29, 1.82) is 0 Å². The average molecular weight is 276 g/mol. The van der Waals surface area contributed by atoms with Gasteiger partial charge in [-0.05, 0) is 13.8 Å². The van der Waals surface area contributed by atoms with Gasteiger partial charge in [0.05, 0.1) is 5.01 Å². The highest BCUT2D eigenvalue weighted by Gasteiger charge is 2.06. The van der Waals surface area contributed by atoms with Crippen molar-refractivity contribution in [2.75, 3.05) is 11.9 Å². The highest BCUT2D eigenvalue weighted by molar-refractivity contribution is 7.11. The summed E-state index contributed by atoms with van der Waals surface area (Å²) in [7, 11) is 0. The van der Waals surface area contributed by atoms with Crippen molar-refractivity contribution in [1.82, 2.24) is 15.0 Å². The summed E-state index contributed by atoms with van der Waals surface area (Å²) in [6.45, 7) is 9.15. The van der Waals surface area contributed by atoms with Crippen LogP contribution in [-0.2, 0) is 6.42 Å². The van der Waals surface area contributed by atoms with Gasteiger partial charge in [0.25, 0.3) is 0 Å². The van der Waals surface area contributed by atoms with E-state index in [9.17, 15) is 0 Å². The van der Waals surface area contributed by atoms with E-state index in [0.29, 0.717) is 5.92 Å². The fourth-order valence-corrected chi connectivity index (χ4v) is 2.54. The van der Waals surface area contributed by atoms with Crippen LogP contribution in [-0.4, -0.2) is 21.5 Å². The van der Waals surface area contributed by atoms with E-state index < -0.39 is 0 Å². The first kappa shape index (κ1) is 13.9. The maximum atomic E-state index is 4.53. The average Bonchev–Trinajstić information content (AvgIpc) is 2.74. The predicted molar refractivity (Wildman–Crippen MR) is 79.9 cm³/mol. The second-order valence-electron chi connectivity index (χ2n) is 4.95. The molecule has 19 heavy (non-hydrogen) atoms. The molecule has 2 aromatic rings. The zero-order chi connectivity index (χ0) is 13.8. The van der Waals surface area contributed by atoms with Gasteiger partial charge in [-0.15, -0.1) is 11.3 Å². The normalized spacial score (nSPS) is 11.0. The number of anilines is 1. The third-order valence-corrected chi connectivity index (χ3v) is 3.67. The zero-order valence-electron chi connectivity index (χ0n) is 11.9. The summed E-state index contributed by atoms with van der Waals surface area (Å²) in [6, 6.07) is 1.99. The van der Waals surface area contributed by atoms with E-state index in [0.717, 1.165) is 30.3 Å². The molecule has 0 bridgehead atoms. The van der Waals surface area contributed by atoms with Crippen LogP contribution in [0.1, 0.15) is 41.2 Å². The maximum Gasteiger partial charge on any atom is 0.133 e. The minimum atomic E-state index is 0.349. The van der Waals surface area contributed by atoms with E-state index in [4.69, 9.17) is 0 Å². The molecule has 0 saturated heterocycles. The standard InChI is InChI=1S/C14H20N4S/c1-9(2)14-17-10(3)7-12(18-14)15-6-5-13-16-8-11(4)19-13/h7-9H,5-6H2,1-4H3,(H,15,17,18). The number of hydrogen-bond acceptors (Lipinski definition) is 5. The Morgan fingerprint density at radius 1 is 1.26 bits per heavy atom. The van der Waals surface area contributed by atoms with Crippen LogP contribution in [0.4, 0.5) is 5.82 Å². The van der Waals surface area contributed by atoms with E-state index >= 15 is 0 Å². The zero-order valence-corrected chi connectivity index (χ0v) is 12.7. The summed E-state index contributed by atoms with van der Waals surface area (Å²) in [5, 5.41) is 4.52. The van der Waals surface area contributed by atoms with Crippen molar-refractivity contribution in [3.05, 3.63) is 33.7 Å². The van der Waals surface area contributed by atoms with Crippen LogP contribution in [0.5, 0.6) is 0 Å². The third kappa shape index (κ3) is 3.99. The van der Waals surface area contributed by atoms with Gasteiger partial charge in [0.1, 0.15) is 11.6 Å². The van der Waals surface area contributed by atoms with Gasteiger partial charge in [-0.3, -0.25) is 0 Å². The maximum absolute atomic E-state index is 4.53. The highest BCUT2D eigenvalue weighted by Crippen LogP contribution is 2.15.